The monoisotopic (exact) mass is 304 g/mol. The minimum absolute atomic E-state index is 0.747. The lowest BCUT2D eigenvalue weighted by atomic mass is 10.0. The van der Waals surface area contributed by atoms with E-state index in [0.717, 1.165) is 31.0 Å². The van der Waals surface area contributed by atoms with Crippen LogP contribution in [0.15, 0.2) is 6.20 Å². The molecule has 0 spiro atoms. The number of aromatic amines is 1. The summed E-state index contributed by atoms with van der Waals surface area (Å²) in [6, 6.07) is 2.34. The number of likely N-dealkylation sites (tertiary alicyclic amines) is 1. The van der Waals surface area contributed by atoms with Gasteiger partial charge in [0, 0.05) is 36.4 Å². The maximum Gasteiger partial charge on any atom is 0.106 e. The van der Waals surface area contributed by atoms with Crippen LogP contribution in [-0.2, 0) is 12.8 Å². The van der Waals surface area contributed by atoms with Crippen molar-refractivity contribution in [2.45, 2.75) is 82.8 Å². The van der Waals surface area contributed by atoms with Crippen molar-refractivity contribution in [1.29, 1.82) is 0 Å². The molecule has 2 fully saturated rings. The molecule has 2 saturated heterocycles. The Morgan fingerprint density at radius 2 is 2.00 bits per heavy atom. The van der Waals surface area contributed by atoms with Gasteiger partial charge in [-0.3, -0.25) is 0 Å². The molecule has 22 heavy (non-hydrogen) atoms. The van der Waals surface area contributed by atoms with Gasteiger partial charge in [-0.2, -0.15) is 0 Å². The number of rotatable bonds is 7. The van der Waals surface area contributed by atoms with Crippen molar-refractivity contribution in [3.63, 3.8) is 0 Å². The van der Waals surface area contributed by atoms with Crippen LogP contribution in [0.3, 0.4) is 0 Å². The summed E-state index contributed by atoms with van der Waals surface area (Å²) in [5.41, 5.74) is 1.26. The number of imidazole rings is 1. The number of hydrogen-bond donors (Lipinski definition) is 2. The summed E-state index contributed by atoms with van der Waals surface area (Å²) in [6.07, 6.45) is 13.6. The zero-order valence-electron chi connectivity index (χ0n) is 14.3. The summed E-state index contributed by atoms with van der Waals surface area (Å²) in [6.45, 7) is 3.41. The Labute approximate surface area is 135 Å². The Morgan fingerprint density at radius 3 is 2.68 bits per heavy atom. The molecule has 0 aliphatic carbocycles. The number of aryl methyl sites for hydroxylation is 2. The Morgan fingerprint density at radius 1 is 1.18 bits per heavy atom. The molecule has 3 heterocycles. The average Bonchev–Trinajstić information content (AvgIpc) is 3.25. The maximum absolute atomic E-state index is 4.50. The van der Waals surface area contributed by atoms with Crippen LogP contribution in [0.5, 0.6) is 0 Å². The zero-order valence-corrected chi connectivity index (χ0v) is 14.3. The van der Waals surface area contributed by atoms with E-state index in [1.165, 1.54) is 63.0 Å². The first-order chi connectivity index (χ1) is 10.8. The lowest BCUT2D eigenvalue weighted by molar-refractivity contribution is 0.216. The van der Waals surface area contributed by atoms with Gasteiger partial charge in [-0.05, 0) is 65.0 Å². The van der Waals surface area contributed by atoms with Gasteiger partial charge in [-0.25, -0.2) is 4.98 Å². The van der Waals surface area contributed by atoms with Crippen molar-refractivity contribution in [1.82, 2.24) is 20.2 Å². The Hall–Kier alpha value is -0.870. The molecule has 2 N–H and O–H groups in total. The highest BCUT2D eigenvalue weighted by molar-refractivity contribution is 5.01. The van der Waals surface area contributed by atoms with E-state index in [2.05, 4.69) is 34.2 Å². The van der Waals surface area contributed by atoms with Gasteiger partial charge in [0.05, 0.1) is 0 Å². The molecular weight excluding hydrogens is 272 g/mol. The highest BCUT2D eigenvalue weighted by atomic mass is 15.2. The molecule has 1 aromatic rings. The van der Waals surface area contributed by atoms with E-state index in [9.17, 15) is 0 Å². The van der Waals surface area contributed by atoms with Crippen LogP contribution < -0.4 is 5.32 Å². The molecule has 4 heteroatoms. The Kier molecular flexibility index (Phi) is 5.53. The van der Waals surface area contributed by atoms with Gasteiger partial charge in [0.2, 0.25) is 0 Å². The van der Waals surface area contributed by atoms with Crippen LogP contribution in [0.4, 0.5) is 0 Å². The molecule has 3 unspecified atom stereocenters. The Bertz CT molecular complexity index is 450. The quantitative estimate of drug-likeness (QED) is 0.814. The third kappa shape index (κ3) is 3.90. The van der Waals surface area contributed by atoms with Gasteiger partial charge < -0.3 is 15.2 Å². The predicted molar refractivity (Wildman–Crippen MR) is 91.1 cm³/mol. The third-order valence-electron chi connectivity index (χ3n) is 5.77. The van der Waals surface area contributed by atoms with E-state index in [0.29, 0.717) is 0 Å². The summed E-state index contributed by atoms with van der Waals surface area (Å²) >= 11 is 0. The minimum Gasteiger partial charge on any atom is -0.346 e. The first kappa shape index (κ1) is 16.0. The number of aromatic nitrogens is 2. The SMILES string of the molecule is CCc1cnc(CCC2CCC(CCC3CCCN3)N2C)[nH]1. The van der Waals surface area contributed by atoms with Crippen LogP contribution in [0.2, 0.25) is 0 Å². The average molecular weight is 304 g/mol. The molecule has 124 valence electrons. The summed E-state index contributed by atoms with van der Waals surface area (Å²) in [4.78, 5) is 10.6. The van der Waals surface area contributed by atoms with Gasteiger partial charge in [-0.1, -0.05) is 6.92 Å². The van der Waals surface area contributed by atoms with E-state index in [-0.39, 0.29) is 0 Å². The topological polar surface area (TPSA) is 44.0 Å². The lowest BCUT2D eigenvalue weighted by Gasteiger charge is -2.26. The van der Waals surface area contributed by atoms with E-state index < -0.39 is 0 Å². The van der Waals surface area contributed by atoms with E-state index in [4.69, 9.17) is 0 Å². The first-order valence-electron chi connectivity index (χ1n) is 9.24. The fraction of sp³-hybridized carbons (Fsp3) is 0.833. The van der Waals surface area contributed by atoms with Crippen LogP contribution in [-0.4, -0.2) is 46.6 Å². The van der Waals surface area contributed by atoms with Crippen molar-refractivity contribution in [3.8, 4) is 0 Å². The van der Waals surface area contributed by atoms with Crippen LogP contribution in [0.25, 0.3) is 0 Å². The minimum atomic E-state index is 0.747. The molecule has 3 atom stereocenters. The van der Waals surface area contributed by atoms with Crippen molar-refractivity contribution in [2.24, 2.45) is 0 Å². The molecule has 1 aromatic heterocycles. The molecular formula is C18H32N4. The van der Waals surface area contributed by atoms with Gasteiger partial charge in [-0.15, -0.1) is 0 Å². The first-order valence-corrected chi connectivity index (χ1v) is 9.24. The van der Waals surface area contributed by atoms with Crippen molar-refractivity contribution in [3.05, 3.63) is 17.7 Å². The molecule has 0 radical (unpaired) electrons. The van der Waals surface area contributed by atoms with Crippen molar-refractivity contribution in [2.75, 3.05) is 13.6 Å². The van der Waals surface area contributed by atoms with E-state index in [1.807, 2.05) is 6.20 Å². The van der Waals surface area contributed by atoms with Gasteiger partial charge >= 0.3 is 0 Å². The van der Waals surface area contributed by atoms with Crippen LogP contribution in [0.1, 0.15) is 63.4 Å². The predicted octanol–water partition coefficient (Wildman–Crippen LogP) is 2.90. The van der Waals surface area contributed by atoms with Gasteiger partial charge in [0.25, 0.3) is 0 Å². The molecule has 0 saturated carbocycles. The smallest absolute Gasteiger partial charge is 0.106 e. The number of H-pyrrole nitrogens is 1. The van der Waals surface area contributed by atoms with Crippen LogP contribution in [0, 0.1) is 0 Å². The molecule has 0 bridgehead atoms. The standard InChI is InChI=1S/C18H32N4/c1-3-14-13-20-18(21-14)11-10-17-9-8-16(22(17)2)7-6-15-5-4-12-19-15/h13,15-17,19H,3-12H2,1-2H3,(H,20,21). The van der Waals surface area contributed by atoms with Crippen molar-refractivity contribution < 1.29 is 0 Å². The Balaban J connectivity index is 1.41. The maximum atomic E-state index is 4.50. The van der Waals surface area contributed by atoms with Gasteiger partial charge in [0.1, 0.15) is 5.82 Å². The molecule has 0 aromatic carbocycles. The van der Waals surface area contributed by atoms with E-state index in [1.54, 1.807) is 0 Å². The normalized spacial score (nSPS) is 29.5. The van der Waals surface area contributed by atoms with Gasteiger partial charge in [0.15, 0.2) is 0 Å². The molecule has 4 nitrogen and oxygen atoms in total. The molecule has 2 aliphatic rings. The summed E-state index contributed by atoms with van der Waals surface area (Å²) in [5.74, 6) is 1.17. The second kappa shape index (κ2) is 7.60. The fourth-order valence-electron chi connectivity index (χ4n) is 4.20. The highest BCUT2D eigenvalue weighted by Crippen LogP contribution is 2.29. The number of nitrogens with zero attached hydrogens (tertiary/aromatic N) is 2. The second-order valence-electron chi connectivity index (χ2n) is 7.17. The second-order valence-corrected chi connectivity index (χ2v) is 7.17. The fourth-order valence-corrected chi connectivity index (χ4v) is 4.20. The molecule has 3 rings (SSSR count). The summed E-state index contributed by atoms with van der Waals surface area (Å²) in [5, 5.41) is 3.63. The third-order valence-corrected chi connectivity index (χ3v) is 5.77. The highest BCUT2D eigenvalue weighted by Gasteiger charge is 2.30. The number of nitrogens with one attached hydrogen (secondary N) is 2. The summed E-state index contributed by atoms with van der Waals surface area (Å²) < 4.78 is 0. The van der Waals surface area contributed by atoms with Crippen LogP contribution >= 0.6 is 0 Å². The van der Waals surface area contributed by atoms with E-state index >= 15 is 0 Å². The molecule has 0 amide bonds. The van der Waals surface area contributed by atoms with Crippen molar-refractivity contribution >= 4 is 0 Å². The largest absolute Gasteiger partial charge is 0.346 e. The lowest BCUT2D eigenvalue weighted by Crippen LogP contribution is -2.34. The molecule has 2 aliphatic heterocycles. The number of hydrogen-bond acceptors (Lipinski definition) is 3. The summed E-state index contributed by atoms with van der Waals surface area (Å²) in [7, 11) is 2.34. The zero-order chi connectivity index (χ0) is 15.4.